The first kappa shape index (κ1) is 12.9. The van der Waals surface area contributed by atoms with Crippen molar-refractivity contribution >= 4 is 5.91 Å². The molecule has 6 heteroatoms. The molecule has 3 rings (SSSR count). The van der Waals surface area contributed by atoms with Crippen molar-refractivity contribution in [3.05, 3.63) is 40.6 Å². The van der Waals surface area contributed by atoms with E-state index in [9.17, 15) is 4.79 Å². The third-order valence-electron chi connectivity index (χ3n) is 3.73. The van der Waals surface area contributed by atoms with E-state index in [2.05, 4.69) is 15.5 Å². The van der Waals surface area contributed by atoms with Gasteiger partial charge in [0.25, 0.3) is 5.91 Å². The molecule has 0 fully saturated rings. The van der Waals surface area contributed by atoms with Gasteiger partial charge in [-0.1, -0.05) is 0 Å². The van der Waals surface area contributed by atoms with Crippen LogP contribution in [0.15, 0.2) is 16.7 Å². The van der Waals surface area contributed by atoms with Gasteiger partial charge in [-0.2, -0.15) is 5.10 Å². The topological polar surface area (TPSA) is 74.2 Å². The maximum atomic E-state index is 12.5. The monoisotopic (exact) mass is 274 g/mol. The summed E-state index contributed by atoms with van der Waals surface area (Å²) in [5, 5.41) is 10.4. The molecule has 0 unspecified atom stereocenters. The molecule has 0 bridgehead atoms. The predicted octanol–water partition coefficient (Wildman–Crippen LogP) is 1.23. The number of furan rings is 1. The Hall–Kier alpha value is -2.08. The van der Waals surface area contributed by atoms with Crippen molar-refractivity contribution in [1.82, 2.24) is 20.4 Å². The van der Waals surface area contributed by atoms with Crippen molar-refractivity contribution in [2.75, 3.05) is 13.6 Å². The van der Waals surface area contributed by atoms with Crippen LogP contribution in [0.5, 0.6) is 0 Å². The number of amides is 1. The lowest BCUT2D eigenvalue weighted by molar-refractivity contribution is 0.0777. The average molecular weight is 274 g/mol. The lowest BCUT2D eigenvalue weighted by Gasteiger charge is -2.18. The van der Waals surface area contributed by atoms with Crippen LogP contribution in [0.1, 0.15) is 33.1 Å². The third kappa shape index (κ3) is 2.22. The highest BCUT2D eigenvalue weighted by atomic mass is 16.3. The second kappa shape index (κ2) is 5.13. The molecule has 1 aliphatic rings. The van der Waals surface area contributed by atoms with Gasteiger partial charge in [-0.25, -0.2) is 0 Å². The Morgan fingerprint density at radius 2 is 2.40 bits per heavy atom. The van der Waals surface area contributed by atoms with E-state index in [-0.39, 0.29) is 5.91 Å². The van der Waals surface area contributed by atoms with Gasteiger partial charge in [-0.3, -0.25) is 9.89 Å². The van der Waals surface area contributed by atoms with Crippen molar-refractivity contribution < 1.29 is 9.21 Å². The molecule has 0 saturated carbocycles. The molecule has 3 heterocycles. The summed E-state index contributed by atoms with van der Waals surface area (Å²) in [6, 6.07) is 1.89. The zero-order valence-electron chi connectivity index (χ0n) is 11.7. The summed E-state index contributed by atoms with van der Waals surface area (Å²) >= 11 is 0. The first-order chi connectivity index (χ1) is 9.66. The quantitative estimate of drug-likeness (QED) is 0.883. The molecule has 6 nitrogen and oxygen atoms in total. The number of nitrogens with zero attached hydrogens (tertiary/aromatic N) is 2. The number of aromatic amines is 1. The molecule has 0 aromatic carbocycles. The Balaban J connectivity index is 1.78. The Morgan fingerprint density at radius 3 is 3.15 bits per heavy atom. The van der Waals surface area contributed by atoms with Gasteiger partial charge < -0.3 is 14.6 Å². The zero-order valence-corrected chi connectivity index (χ0v) is 11.7. The molecule has 1 amide bonds. The summed E-state index contributed by atoms with van der Waals surface area (Å²) in [5.74, 6) is 0.780. The molecule has 20 heavy (non-hydrogen) atoms. The fraction of sp³-hybridized carbons (Fsp3) is 0.429. The highest BCUT2D eigenvalue weighted by Gasteiger charge is 2.24. The lowest BCUT2D eigenvalue weighted by Crippen LogP contribution is -2.30. The number of H-pyrrole nitrogens is 1. The number of hydrogen-bond donors (Lipinski definition) is 2. The molecule has 0 atom stereocenters. The maximum absolute atomic E-state index is 12.5. The highest BCUT2D eigenvalue weighted by molar-refractivity contribution is 5.93. The summed E-state index contributed by atoms with van der Waals surface area (Å²) in [6.45, 7) is 4.04. The number of aryl methyl sites for hydroxylation is 1. The predicted molar refractivity (Wildman–Crippen MR) is 73.2 cm³/mol. The minimum absolute atomic E-state index is 0.0631. The van der Waals surface area contributed by atoms with Crippen LogP contribution >= 0.6 is 0 Å². The van der Waals surface area contributed by atoms with Crippen LogP contribution in [0.4, 0.5) is 0 Å². The van der Waals surface area contributed by atoms with Gasteiger partial charge in [0.1, 0.15) is 5.76 Å². The number of carbonyl (C=O) groups excluding carboxylic acids is 1. The lowest BCUT2D eigenvalue weighted by atomic mass is 10.1. The van der Waals surface area contributed by atoms with Crippen molar-refractivity contribution in [3.8, 4) is 0 Å². The smallest absolute Gasteiger partial charge is 0.274 e. The van der Waals surface area contributed by atoms with Crippen LogP contribution < -0.4 is 5.32 Å². The fourth-order valence-electron chi connectivity index (χ4n) is 2.49. The highest BCUT2D eigenvalue weighted by Crippen LogP contribution is 2.18. The second-order valence-electron chi connectivity index (χ2n) is 5.12. The Labute approximate surface area is 117 Å². The van der Waals surface area contributed by atoms with E-state index in [4.69, 9.17) is 4.42 Å². The van der Waals surface area contributed by atoms with Crippen LogP contribution in [0.25, 0.3) is 0 Å². The van der Waals surface area contributed by atoms with Gasteiger partial charge >= 0.3 is 0 Å². The summed E-state index contributed by atoms with van der Waals surface area (Å²) in [6.07, 6.45) is 2.53. The maximum Gasteiger partial charge on any atom is 0.274 e. The van der Waals surface area contributed by atoms with Crippen LogP contribution in [-0.2, 0) is 19.5 Å². The average Bonchev–Trinajstić information content (AvgIpc) is 3.05. The van der Waals surface area contributed by atoms with Crippen molar-refractivity contribution in [1.29, 1.82) is 0 Å². The van der Waals surface area contributed by atoms with E-state index in [1.54, 1.807) is 18.2 Å². The normalized spacial score (nSPS) is 14.1. The van der Waals surface area contributed by atoms with Crippen LogP contribution in [0.3, 0.4) is 0 Å². The van der Waals surface area contributed by atoms with E-state index < -0.39 is 0 Å². The Bertz CT molecular complexity index is 629. The molecule has 0 saturated heterocycles. The van der Waals surface area contributed by atoms with Gasteiger partial charge in [0.2, 0.25) is 0 Å². The van der Waals surface area contributed by atoms with Crippen molar-refractivity contribution in [2.24, 2.45) is 0 Å². The van der Waals surface area contributed by atoms with E-state index in [1.807, 2.05) is 13.0 Å². The molecular formula is C14H18N4O2. The number of carbonyl (C=O) groups is 1. The minimum Gasteiger partial charge on any atom is -0.469 e. The summed E-state index contributed by atoms with van der Waals surface area (Å²) in [7, 11) is 1.78. The van der Waals surface area contributed by atoms with Gasteiger partial charge in [0, 0.05) is 49.9 Å². The van der Waals surface area contributed by atoms with E-state index in [0.29, 0.717) is 18.8 Å². The second-order valence-corrected chi connectivity index (χ2v) is 5.12. The van der Waals surface area contributed by atoms with Gasteiger partial charge in [-0.15, -0.1) is 0 Å². The standard InChI is InChI=1S/C14H18N4O2/c1-9-10(4-6-20-9)8-18(2)14(19)13-11-7-15-5-3-12(11)16-17-13/h4,6,15H,3,5,7-8H2,1-2H3,(H,16,17). The summed E-state index contributed by atoms with van der Waals surface area (Å²) < 4.78 is 5.26. The van der Waals surface area contributed by atoms with Crippen LogP contribution in [-0.4, -0.2) is 34.6 Å². The number of fused-ring (bicyclic) bond motifs is 1. The third-order valence-corrected chi connectivity index (χ3v) is 3.73. The summed E-state index contributed by atoms with van der Waals surface area (Å²) in [4.78, 5) is 14.2. The summed E-state index contributed by atoms with van der Waals surface area (Å²) in [5.41, 5.74) is 3.61. The molecule has 0 aliphatic carbocycles. The Kier molecular flexibility index (Phi) is 3.31. The number of nitrogens with one attached hydrogen (secondary N) is 2. The Morgan fingerprint density at radius 1 is 1.55 bits per heavy atom. The molecule has 106 valence electrons. The first-order valence-electron chi connectivity index (χ1n) is 6.72. The fourth-order valence-corrected chi connectivity index (χ4v) is 2.49. The van der Waals surface area contributed by atoms with Crippen LogP contribution in [0, 0.1) is 6.92 Å². The minimum atomic E-state index is -0.0631. The number of rotatable bonds is 3. The van der Waals surface area contributed by atoms with Gasteiger partial charge in [0.05, 0.1) is 6.26 Å². The molecule has 2 N–H and O–H groups in total. The molecule has 1 aliphatic heterocycles. The van der Waals surface area contributed by atoms with E-state index in [0.717, 1.165) is 35.5 Å². The van der Waals surface area contributed by atoms with Gasteiger partial charge in [0.15, 0.2) is 5.69 Å². The van der Waals surface area contributed by atoms with E-state index in [1.165, 1.54) is 0 Å². The number of hydrogen-bond acceptors (Lipinski definition) is 4. The molecule has 0 spiro atoms. The molecule has 2 aromatic rings. The first-order valence-corrected chi connectivity index (χ1v) is 6.72. The van der Waals surface area contributed by atoms with Crippen molar-refractivity contribution in [3.63, 3.8) is 0 Å². The SMILES string of the molecule is Cc1occc1CN(C)C(=O)c1n[nH]c2c1CNCC2. The number of aromatic nitrogens is 2. The largest absolute Gasteiger partial charge is 0.469 e. The van der Waals surface area contributed by atoms with Crippen LogP contribution in [0.2, 0.25) is 0 Å². The molecule has 2 aromatic heterocycles. The molecule has 0 radical (unpaired) electrons. The zero-order chi connectivity index (χ0) is 14.1. The van der Waals surface area contributed by atoms with Gasteiger partial charge in [-0.05, 0) is 13.0 Å². The van der Waals surface area contributed by atoms with E-state index >= 15 is 0 Å². The molecular weight excluding hydrogens is 256 g/mol. The van der Waals surface area contributed by atoms with Crippen molar-refractivity contribution in [2.45, 2.75) is 26.4 Å².